The van der Waals surface area contributed by atoms with Crippen LogP contribution in [0.15, 0.2) is 18.2 Å². The summed E-state index contributed by atoms with van der Waals surface area (Å²) in [7, 11) is 0. The largest absolute Gasteiger partial charge is 0.372 e. The number of anilines is 1. The van der Waals surface area contributed by atoms with Gasteiger partial charge in [0.1, 0.15) is 0 Å². The Morgan fingerprint density at radius 1 is 1.40 bits per heavy atom. The van der Waals surface area contributed by atoms with E-state index < -0.39 is 0 Å². The zero-order valence-electron chi connectivity index (χ0n) is 12.0. The van der Waals surface area contributed by atoms with Crippen LogP contribution in [-0.2, 0) is 4.74 Å². The molecule has 1 aromatic rings. The van der Waals surface area contributed by atoms with Gasteiger partial charge in [0, 0.05) is 18.8 Å². The second-order valence-electron chi connectivity index (χ2n) is 5.23. The monoisotopic (exact) mass is 273 g/mol. The average Bonchev–Trinajstić information content (AvgIpc) is 2.40. The lowest BCUT2D eigenvalue weighted by Crippen LogP contribution is -2.49. The average molecular weight is 273 g/mol. The van der Waals surface area contributed by atoms with Crippen molar-refractivity contribution in [2.45, 2.75) is 33.0 Å². The second kappa shape index (κ2) is 5.93. The summed E-state index contributed by atoms with van der Waals surface area (Å²) in [6.07, 6.45) is 0.0760. The number of morpholine rings is 1. The lowest BCUT2D eigenvalue weighted by atomic mass is 10.1. The van der Waals surface area contributed by atoms with Gasteiger partial charge in [0.05, 0.1) is 23.8 Å². The number of rotatable bonds is 1. The topological polar surface area (TPSA) is 65.4 Å². The van der Waals surface area contributed by atoms with Gasteiger partial charge in [0.2, 0.25) is 0 Å². The van der Waals surface area contributed by atoms with E-state index in [1.54, 1.807) is 17.0 Å². The van der Waals surface area contributed by atoms with Crippen LogP contribution in [0.4, 0.5) is 10.5 Å². The number of amides is 2. The summed E-state index contributed by atoms with van der Waals surface area (Å²) in [5.74, 6) is 0. The van der Waals surface area contributed by atoms with Gasteiger partial charge in [-0.05, 0) is 38.5 Å². The van der Waals surface area contributed by atoms with Crippen LogP contribution in [0.2, 0.25) is 0 Å². The Morgan fingerprint density at radius 2 is 2.05 bits per heavy atom. The first kappa shape index (κ1) is 14.4. The van der Waals surface area contributed by atoms with E-state index in [1.165, 1.54) is 0 Å². The molecule has 0 aliphatic carbocycles. The van der Waals surface area contributed by atoms with Crippen molar-refractivity contribution >= 4 is 11.7 Å². The van der Waals surface area contributed by atoms with Gasteiger partial charge in [-0.2, -0.15) is 5.26 Å². The fourth-order valence-corrected chi connectivity index (χ4v) is 2.36. The first-order valence-electron chi connectivity index (χ1n) is 6.71. The van der Waals surface area contributed by atoms with Gasteiger partial charge in [0.25, 0.3) is 0 Å². The lowest BCUT2D eigenvalue weighted by molar-refractivity contribution is -0.0530. The number of carbonyl (C=O) groups excluding carboxylic acids is 1. The molecule has 1 aliphatic rings. The van der Waals surface area contributed by atoms with E-state index in [0.29, 0.717) is 24.3 Å². The molecular weight excluding hydrogens is 254 g/mol. The van der Waals surface area contributed by atoms with Crippen LogP contribution in [0.5, 0.6) is 0 Å². The highest BCUT2D eigenvalue weighted by atomic mass is 16.5. The Hall–Kier alpha value is -2.06. The third-order valence-electron chi connectivity index (χ3n) is 3.32. The van der Waals surface area contributed by atoms with Crippen molar-refractivity contribution in [1.29, 1.82) is 5.26 Å². The van der Waals surface area contributed by atoms with Crippen LogP contribution in [0.3, 0.4) is 0 Å². The number of hydrogen-bond acceptors (Lipinski definition) is 3. The van der Waals surface area contributed by atoms with E-state index in [4.69, 9.17) is 10.00 Å². The molecule has 2 atom stereocenters. The molecular formula is C15H19N3O2. The van der Waals surface area contributed by atoms with Crippen LogP contribution in [0.1, 0.15) is 25.0 Å². The van der Waals surface area contributed by atoms with Crippen molar-refractivity contribution in [3.63, 3.8) is 0 Å². The molecule has 0 bridgehead atoms. The first-order chi connectivity index (χ1) is 9.49. The van der Waals surface area contributed by atoms with E-state index in [9.17, 15) is 4.79 Å². The Morgan fingerprint density at radius 3 is 2.65 bits per heavy atom. The summed E-state index contributed by atoms with van der Waals surface area (Å²) >= 11 is 0. The smallest absolute Gasteiger partial charge is 0.322 e. The highest BCUT2D eigenvalue weighted by molar-refractivity contribution is 5.90. The van der Waals surface area contributed by atoms with Crippen molar-refractivity contribution in [1.82, 2.24) is 4.90 Å². The third kappa shape index (κ3) is 3.28. The van der Waals surface area contributed by atoms with E-state index in [2.05, 4.69) is 11.4 Å². The van der Waals surface area contributed by atoms with Crippen LogP contribution in [0.25, 0.3) is 0 Å². The molecule has 1 aromatic carbocycles. The molecule has 1 N–H and O–H groups in total. The molecule has 0 unspecified atom stereocenters. The SMILES string of the molecule is Cc1ccc(C#N)cc1NC(=O)N1C[C@@H](C)O[C@@H](C)C1. The van der Waals surface area contributed by atoms with Crippen molar-refractivity contribution in [2.24, 2.45) is 0 Å². The minimum Gasteiger partial charge on any atom is -0.372 e. The second-order valence-corrected chi connectivity index (χ2v) is 5.23. The summed E-state index contributed by atoms with van der Waals surface area (Å²) in [6.45, 7) is 6.97. The number of urea groups is 1. The summed E-state index contributed by atoms with van der Waals surface area (Å²) in [4.78, 5) is 14.0. The Labute approximate surface area is 119 Å². The van der Waals surface area contributed by atoms with Crippen LogP contribution in [0, 0.1) is 18.3 Å². The van der Waals surface area contributed by atoms with Gasteiger partial charge in [-0.15, -0.1) is 0 Å². The quantitative estimate of drug-likeness (QED) is 0.855. The summed E-state index contributed by atoms with van der Waals surface area (Å²) < 4.78 is 5.61. The van der Waals surface area contributed by atoms with Gasteiger partial charge >= 0.3 is 6.03 Å². The number of nitriles is 1. The molecule has 0 radical (unpaired) electrons. The van der Waals surface area contributed by atoms with Crippen LogP contribution < -0.4 is 5.32 Å². The molecule has 1 aliphatic heterocycles. The molecule has 0 spiro atoms. The van der Waals surface area contributed by atoms with Crippen molar-refractivity contribution in [2.75, 3.05) is 18.4 Å². The summed E-state index contributed by atoms with van der Waals surface area (Å²) in [5, 5.41) is 11.8. The van der Waals surface area contributed by atoms with Gasteiger partial charge < -0.3 is 15.0 Å². The predicted octanol–water partition coefficient (Wildman–Crippen LogP) is 2.51. The molecule has 2 amide bonds. The standard InChI is InChI=1S/C15H19N3O2/c1-10-4-5-13(7-16)6-14(10)17-15(19)18-8-11(2)20-12(3)9-18/h4-6,11-12H,8-9H2,1-3H3,(H,17,19)/t11-,12+. The highest BCUT2D eigenvalue weighted by Crippen LogP contribution is 2.18. The van der Waals surface area contributed by atoms with E-state index in [1.807, 2.05) is 26.8 Å². The number of ether oxygens (including phenoxy) is 1. The number of hydrogen-bond donors (Lipinski definition) is 1. The van der Waals surface area contributed by atoms with Crippen molar-refractivity contribution in [3.05, 3.63) is 29.3 Å². The van der Waals surface area contributed by atoms with Gasteiger partial charge in [-0.25, -0.2) is 4.79 Å². The Balaban J connectivity index is 2.10. The fourth-order valence-electron chi connectivity index (χ4n) is 2.36. The molecule has 1 heterocycles. The third-order valence-corrected chi connectivity index (χ3v) is 3.32. The Bertz CT molecular complexity index is 541. The maximum atomic E-state index is 12.3. The molecule has 20 heavy (non-hydrogen) atoms. The Kier molecular flexibility index (Phi) is 4.26. The summed E-state index contributed by atoms with van der Waals surface area (Å²) in [6, 6.07) is 7.20. The number of nitrogens with zero attached hydrogens (tertiary/aromatic N) is 2. The molecule has 5 nitrogen and oxygen atoms in total. The lowest BCUT2D eigenvalue weighted by Gasteiger charge is -2.35. The minimum atomic E-state index is -0.148. The molecule has 106 valence electrons. The molecule has 0 saturated carbocycles. The zero-order chi connectivity index (χ0) is 14.7. The van der Waals surface area contributed by atoms with Gasteiger partial charge in [-0.1, -0.05) is 6.07 Å². The first-order valence-corrected chi connectivity index (χ1v) is 6.71. The molecule has 2 rings (SSSR count). The minimum absolute atomic E-state index is 0.0380. The molecule has 5 heteroatoms. The highest BCUT2D eigenvalue weighted by Gasteiger charge is 2.26. The number of nitrogens with one attached hydrogen (secondary N) is 1. The summed E-state index contributed by atoms with van der Waals surface area (Å²) in [5.41, 5.74) is 2.15. The van der Waals surface area contributed by atoms with Crippen LogP contribution >= 0.6 is 0 Å². The zero-order valence-corrected chi connectivity index (χ0v) is 12.0. The predicted molar refractivity (Wildman–Crippen MR) is 76.5 cm³/mol. The van der Waals surface area contributed by atoms with E-state index in [-0.39, 0.29) is 18.2 Å². The maximum absolute atomic E-state index is 12.3. The fraction of sp³-hybridized carbons (Fsp3) is 0.467. The van der Waals surface area contributed by atoms with E-state index in [0.717, 1.165) is 5.56 Å². The van der Waals surface area contributed by atoms with Crippen molar-refractivity contribution in [3.8, 4) is 6.07 Å². The number of carbonyl (C=O) groups is 1. The number of benzene rings is 1. The molecule has 1 fully saturated rings. The molecule has 1 saturated heterocycles. The molecule has 0 aromatic heterocycles. The number of aryl methyl sites for hydroxylation is 1. The van der Waals surface area contributed by atoms with Gasteiger partial charge in [0.15, 0.2) is 0 Å². The van der Waals surface area contributed by atoms with E-state index >= 15 is 0 Å². The normalized spacial score (nSPS) is 22.2. The van der Waals surface area contributed by atoms with Gasteiger partial charge in [-0.3, -0.25) is 0 Å². The maximum Gasteiger partial charge on any atom is 0.322 e. The van der Waals surface area contributed by atoms with Crippen LogP contribution in [-0.4, -0.2) is 36.2 Å². The van der Waals surface area contributed by atoms with Crippen molar-refractivity contribution < 1.29 is 9.53 Å².